The largest absolute Gasteiger partial charge is 0.369 e. The van der Waals surface area contributed by atoms with Crippen molar-refractivity contribution in [2.75, 3.05) is 61.0 Å². The molecule has 1 aliphatic rings. The minimum atomic E-state index is -0.198. The van der Waals surface area contributed by atoms with Gasteiger partial charge in [0, 0.05) is 44.5 Å². The molecule has 1 saturated heterocycles. The zero-order chi connectivity index (χ0) is 22.1. The number of hydrogen-bond acceptors (Lipinski definition) is 7. The number of carbonyl (C=O) groups excluding carboxylic acids is 2. The highest BCUT2D eigenvalue weighted by Gasteiger charge is 2.17. The Labute approximate surface area is 187 Å². The molecule has 1 aromatic carbocycles. The zero-order valence-corrected chi connectivity index (χ0v) is 19.0. The molecule has 1 aliphatic heterocycles. The van der Waals surface area contributed by atoms with E-state index in [4.69, 9.17) is 4.52 Å². The Morgan fingerprint density at radius 3 is 2.58 bits per heavy atom. The van der Waals surface area contributed by atoms with E-state index in [2.05, 4.69) is 56.8 Å². The van der Waals surface area contributed by atoms with E-state index in [1.165, 1.54) is 23.0 Å². The molecular formula is C22H31N5O3S. The van der Waals surface area contributed by atoms with Crippen LogP contribution in [0.1, 0.15) is 17.7 Å². The Balaban J connectivity index is 1.22. The standard InChI is InChI=1S/C22H31N5O3S/c1-17-5-3-6-19(13-17)27-11-9-26(10-12-27)8-4-7-23-21(28)15-31-16-22(29)24-20-14-18(2)30-25-20/h3,5-6,13-14H,4,7-12,15-16H2,1-2H3,(H,23,28)(H,24,25,29). The van der Waals surface area contributed by atoms with Crippen LogP contribution in [0.15, 0.2) is 34.9 Å². The summed E-state index contributed by atoms with van der Waals surface area (Å²) in [6, 6.07) is 10.3. The molecule has 168 valence electrons. The van der Waals surface area contributed by atoms with Crippen LogP contribution < -0.4 is 15.5 Å². The first-order valence-electron chi connectivity index (χ1n) is 10.6. The van der Waals surface area contributed by atoms with Gasteiger partial charge in [-0.2, -0.15) is 0 Å². The molecule has 0 radical (unpaired) electrons. The number of nitrogens with one attached hydrogen (secondary N) is 2. The summed E-state index contributed by atoms with van der Waals surface area (Å²) in [6.45, 7) is 9.66. The second kappa shape index (κ2) is 11.8. The van der Waals surface area contributed by atoms with Crippen molar-refractivity contribution in [2.45, 2.75) is 20.3 Å². The van der Waals surface area contributed by atoms with Gasteiger partial charge >= 0.3 is 0 Å². The Hall–Kier alpha value is -2.52. The topological polar surface area (TPSA) is 90.7 Å². The van der Waals surface area contributed by atoms with Crippen LogP contribution in [0.3, 0.4) is 0 Å². The number of amides is 2. The predicted octanol–water partition coefficient (Wildman–Crippen LogP) is 2.29. The van der Waals surface area contributed by atoms with Gasteiger partial charge in [-0.1, -0.05) is 17.3 Å². The lowest BCUT2D eigenvalue weighted by Crippen LogP contribution is -2.47. The fourth-order valence-corrected chi connectivity index (χ4v) is 4.12. The van der Waals surface area contributed by atoms with E-state index in [9.17, 15) is 9.59 Å². The molecule has 0 atom stereocenters. The predicted molar refractivity (Wildman–Crippen MR) is 125 cm³/mol. The maximum absolute atomic E-state index is 12.0. The number of benzene rings is 1. The second-order valence-corrected chi connectivity index (χ2v) is 8.72. The van der Waals surface area contributed by atoms with E-state index < -0.39 is 0 Å². The highest BCUT2D eigenvalue weighted by molar-refractivity contribution is 8.00. The van der Waals surface area contributed by atoms with Gasteiger partial charge in [-0.25, -0.2) is 0 Å². The van der Waals surface area contributed by atoms with Crippen molar-refractivity contribution < 1.29 is 14.1 Å². The van der Waals surface area contributed by atoms with Gasteiger partial charge in [0.25, 0.3) is 0 Å². The van der Waals surface area contributed by atoms with Crippen molar-refractivity contribution in [1.82, 2.24) is 15.4 Å². The summed E-state index contributed by atoms with van der Waals surface area (Å²) in [5.74, 6) is 1.25. The van der Waals surface area contributed by atoms with Crippen LogP contribution in [-0.2, 0) is 9.59 Å². The first kappa shape index (κ1) is 23.1. The lowest BCUT2D eigenvalue weighted by molar-refractivity contribution is -0.118. The maximum Gasteiger partial charge on any atom is 0.235 e. The molecule has 2 aromatic rings. The van der Waals surface area contributed by atoms with Crippen LogP contribution in [0, 0.1) is 13.8 Å². The van der Waals surface area contributed by atoms with Crippen molar-refractivity contribution in [3.05, 3.63) is 41.7 Å². The minimum absolute atomic E-state index is 0.0423. The van der Waals surface area contributed by atoms with Crippen LogP contribution in [0.5, 0.6) is 0 Å². The van der Waals surface area contributed by atoms with E-state index in [-0.39, 0.29) is 23.3 Å². The number of piperazine rings is 1. The molecule has 3 rings (SSSR count). The lowest BCUT2D eigenvalue weighted by atomic mass is 10.2. The fourth-order valence-electron chi connectivity index (χ4n) is 3.48. The van der Waals surface area contributed by atoms with Crippen molar-refractivity contribution in [1.29, 1.82) is 0 Å². The lowest BCUT2D eigenvalue weighted by Gasteiger charge is -2.36. The van der Waals surface area contributed by atoms with Crippen LogP contribution in [0.25, 0.3) is 0 Å². The monoisotopic (exact) mass is 445 g/mol. The molecule has 1 aromatic heterocycles. The SMILES string of the molecule is Cc1cccc(N2CCN(CCCNC(=O)CSCC(=O)Nc3cc(C)on3)CC2)c1. The molecule has 31 heavy (non-hydrogen) atoms. The van der Waals surface area contributed by atoms with Crippen molar-refractivity contribution in [2.24, 2.45) is 0 Å². The van der Waals surface area contributed by atoms with Gasteiger partial charge in [0.2, 0.25) is 11.8 Å². The van der Waals surface area contributed by atoms with Gasteiger partial charge in [-0.3, -0.25) is 14.5 Å². The molecule has 2 amide bonds. The van der Waals surface area contributed by atoms with Gasteiger partial charge in [-0.05, 0) is 44.5 Å². The number of carbonyl (C=O) groups is 2. The van der Waals surface area contributed by atoms with Crippen LogP contribution >= 0.6 is 11.8 Å². The van der Waals surface area contributed by atoms with Crippen LogP contribution in [-0.4, -0.2) is 72.6 Å². The average Bonchev–Trinajstić information content (AvgIpc) is 3.16. The van der Waals surface area contributed by atoms with Gasteiger partial charge in [0.15, 0.2) is 5.82 Å². The first-order chi connectivity index (χ1) is 15.0. The maximum atomic E-state index is 12.0. The summed E-state index contributed by atoms with van der Waals surface area (Å²) in [6.07, 6.45) is 0.923. The Morgan fingerprint density at radius 2 is 1.87 bits per heavy atom. The molecule has 1 fully saturated rings. The number of nitrogens with zero attached hydrogens (tertiary/aromatic N) is 3. The number of hydrogen-bond donors (Lipinski definition) is 2. The molecule has 2 heterocycles. The number of aryl methyl sites for hydroxylation is 2. The normalized spacial score (nSPS) is 14.5. The minimum Gasteiger partial charge on any atom is -0.369 e. The molecular weight excluding hydrogens is 414 g/mol. The van der Waals surface area contributed by atoms with E-state index in [1.807, 2.05) is 0 Å². The summed E-state index contributed by atoms with van der Waals surface area (Å²) in [7, 11) is 0. The van der Waals surface area contributed by atoms with E-state index >= 15 is 0 Å². The molecule has 0 spiro atoms. The third-order valence-corrected chi connectivity index (χ3v) is 6.01. The van der Waals surface area contributed by atoms with Crippen LogP contribution in [0.2, 0.25) is 0 Å². The summed E-state index contributed by atoms with van der Waals surface area (Å²) in [4.78, 5) is 28.6. The molecule has 9 heteroatoms. The molecule has 8 nitrogen and oxygen atoms in total. The van der Waals surface area contributed by atoms with Gasteiger partial charge < -0.3 is 20.1 Å². The third-order valence-electron chi connectivity index (χ3n) is 5.07. The Morgan fingerprint density at radius 1 is 1.10 bits per heavy atom. The Kier molecular flexibility index (Phi) is 8.78. The smallest absolute Gasteiger partial charge is 0.235 e. The van der Waals surface area contributed by atoms with E-state index in [0.717, 1.165) is 39.1 Å². The van der Waals surface area contributed by atoms with E-state index in [0.29, 0.717) is 18.1 Å². The van der Waals surface area contributed by atoms with Crippen molar-refractivity contribution >= 4 is 35.1 Å². The molecule has 0 saturated carbocycles. The fraction of sp³-hybridized carbons (Fsp3) is 0.500. The number of aromatic nitrogens is 1. The third kappa shape index (κ3) is 7.91. The van der Waals surface area contributed by atoms with Gasteiger partial charge in [0.1, 0.15) is 5.76 Å². The zero-order valence-electron chi connectivity index (χ0n) is 18.2. The molecule has 0 unspecified atom stereocenters. The van der Waals surface area contributed by atoms with Crippen LogP contribution in [0.4, 0.5) is 11.5 Å². The first-order valence-corrected chi connectivity index (χ1v) is 11.8. The summed E-state index contributed by atoms with van der Waals surface area (Å²) in [5.41, 5.74) is 2.59. The number of thioether (sulfide) groups is 1. The molecule has 0 bridgehead atoms. The van der Waals surface area contributed by atoms with E-state index in [1.54, 1.807) is 13.0 Å². The highest BCUT2D eigenvalue weighted by atomic mass is 32.2. The second-order valence-electron chi connectivity index (χ2n) is 7.73. The molecule has 2 N–H and O–H groups in total. The van der Waals surface area contributed by atoms with Crippen molar-refractivity contribution in [3.8, 4) is 0 Å². The summed E-state index contributed by atoms with van der Waals surface area (Å²) in [5, 5.41) is 9.28. The summed E-state index contributed by atoms with van der Waals surface area (Å²) >= 11 is 1.28. The number of anilines is 2. The Bertz CT molecular complexity index is 864. The molecule has 0 aliphatic carbocycles. The van der Waals surface area contributed by atoms with Gasteiger partial charge in [-0.15, -0.1) is 11.8 Å². The average molecular weight is 446 g/mol. The highest BCUT2D eigenvalue weighted by Crippen LogP contribution is 2.17. The summed E-state index contributed by atoms with van der Waals surface area (Å²) < 4.78 is 4.90. The van der Waals surface area contributed by atoms with Gasteiger partial charge in [0.05, 0.1) is 11.5 Å². The number of rotatable bonds is 10. The quantitative estimate of drug-likeness (QED) is 0.542. The van der Waals surface area contributed by atoms with Crippen molar-refractivity contribution in [3.63, 3.8) is 0 Å².